The number of nitrogens with one attached hydrogen (secondary N) is 1. The Morgan fingerprint density at radius 2 is 1.78 bits per heavy atom. The number of alkyl carbamates (subject to hydrolysis) is 1. The maximum atomic E-state index is 14.4. The van der Waals surface area contributed by atoms with Gasteiger partial charge < -0.3 is 30.4 Å². The molecule has 1 aliphatic rings. The van der Waals surface area contributed by atoms with E-state index in [1.165, 1.54) is 41.9 Å². The van der Waals surface area contributed by atoms with Gasteiger partial charge in [0.2, 0.25) is 0 Å². The van der Waals surface area contributed by atoms with E-state index in [4.69, 9.17) is 22.1 Å². The molecule has 2 aromatic carbocycles. The maximum absolute atomic E-state index is 14.4. The Morgan fingerprint density at radius 1 is 1.09 bits per heavy atom. The SMILES string of the molecule is Cn1c(=O)n(Cc2ccc(O)cc2)c(=O)c2c1c(C(N)=O)c(N1CCC[C@@H](NC(=O)OC(C)(C)C)C1)n2Cc1cc(F)ccc1Cl. The molecule has 1 saturated heterocycles. The smallest absolute Gasteiger partial charge is 0.407 e. The van der Waals surface area contributed by atoms with Crippen molar-refractivity contribution in [2.24, 2.45) is 12.8 Å². The minimum absolute atomic E-state index is 0.00719. The summed E-state index contributed by atoms with van der Waals surface area (Å²) in [4.78, 5) is 55.6. The van der Waals surface area contributed by atoms with Crippen LogP contribution in [0, 0.1) is 5.82 Å². The molecule has 2 amide bonds. The predicted molar refractivity (Wildman–Crippen MR) is 172 cm³/mol. The first kappa shape index (κ1) is 32.6. The molecule has 244 valence electrons. The fourth-order valence-electron chi connectivity index (χ4n) is 5.86. The third-order valence-corrected chi connectivity index (χ3v) is 8.18. The van der Waals surface area contributed by atoms with E-state index < -0.39 is 34.7 Å². The summed E-state index contributed by atoms with van der Waals surface area (Å²) in [5.41, 5.74) is 4.73. The number of hydrogen-bond acceptors (Lipinski definition) is 7. The van der Waals surface area contributed by atoms with Crippen molar-refractivity contribution < 1.29 is 23.8 Å². The van der Waals surface area contributed by atoms with Gasteiger partial charge in [0.05, 0.1) is 18.6 Å². The number of anilines is 1. The Kier molecular flexibility index (Phi) is 8.89. The number of aryl methyl sites for hydroxylation is 1. The second-order valence-electron chi connectivity index (χ2n) is 12.4. The number of fused-ring (bicyclic) bond motifs is 1. The van der Waals surface area contributed by atoms with Gasteiger partial charge in [0.25, 0.3) is 11.5 Å². The monoisotopic (exact) mass is 654 g/mol. The second-order valence-corrected chi connectivity index (χ2v) is 12.8. The number of primary amides is 1. The largest absolute Gasteiger partial charge is 0.508 e. The molecule has 2 aromatic heterocycles. The van der Waals surface area contributed by atoms with Gasteiger partial charge in [0.1, 0.15) is 34.1 Å². The van der Waals surface area contributed by atoms with Crippen molar-refractivity contribution in [3.05, 3.63) is 90.8 Å². The summed E-state index contributed by atoms with van der Waals surface area (Å²) < 4.78 is 23.6. The molecule has 4 N–H and O–H groups in total. The van der Waals surface area contributed by atoms with Crippen molar-refractivity contribution in [3.63, 3.8) is 0 Å². The molecule has 0 radical (unpaired) electrons. The Morgan fingerprint density at radius 3 is 2.43 bits per heavy atom. The van der Waals surface area contributed by atoms with E-state index in [1.54, 1.807) is 37.5 Å². The summed E-state index contributed by atoms with van der Waals surface area (Å²) in [7, 11) is 1.44. The molecule has 1 atom stereocenters. The van der Waals surface area contributed by atoms with Gasteiger partial charge in [-0.25, -0.2) is 14.0 Å². The number of hydrogen-bond donors (Lipinski definition) is 3. The van der Waals surface area contributed by atoms with Crippen LogP contribution in [-0.2, 0) is 24.9 Å². The van der Waals surface area contributed by atoms with Crippen LogP contribution in [0.25, 0.3) is 11.0 Å². The van der Waals surface area contributed by atoms with E-state index in [0.717, 1.165) is 4.57 Å². The number of benzene rings is 2. The zero-order valence-electron chi connectivity index (χ0n) is 26.0. The van der Waals surface area contributed by atoms with Crippen LogP contribution in [0.1, 0.15) is 55.1 Å². The highest BCUT2D eigenvalue weighted by Gasteiger charge is 2.33. The molecular weight excluding hydrogens is 619 g/mol. The highest BCUT2D eigenvalue weighted by Crippen LogP contribution is 2.34. The van der Waals surface area contributed by atoms with E-state index >= 15 is 0 Å². The van der Waals surface area contributed by atoms with Crippen LogP contribution in [0.5, 0.6) is 5.75 Å². The summed E-state index contributed by atoms with van der Waals surface area (Å²) in [6.07, 6.45) is 0.626. The molecule has 4 aromatic rings. The lowest BCUT2D eigenvalue weighted by Gasteiger charge is -2.36. The van der Waals surface area contributed by atoms with Crippen molar-refractivity contribution in [3.8, 4) is 5.75 Å². The molecule has 46 heavy (non-hydrogen) atoms. The van der Waals surface area contributed by atoms with Crippen LogP contribution in [0.3, 0.4) is 0 Å². The summed E-state index contributed by atoms with van der Waals surface area (Å²) in [5.74, 6) is -1.16. The van der Waals surface area contributed by atoms with Crippen LogP contribution in [0.15, 0.2) is 52.1 Å². The van der Waals surface area contributed by atoms with Crippen molar-refractivity contribution in [2.75, 3.05) is 18.0 Å². The van der Waals surface area contributed by atoms with Crippen LogP contribution in [0.4, 0.5) is 15.0 Å². The first-order chi connectivity index (χ1) is 21.6. The van der Waals surface area contributed by atoms with Crippen molar-refractivity contribution in [1.82, 2.24) is 19.0 Å². The van der Waals surface area contributed by atoms with Gasteiger partial charge in [0.15, 0.2) is 0 Å². The number of phenols is 1. The van der Waals surface area contributed by atoms with Gasteiger partial charge in [-0.05, 0) is 75.1 Å². The van der Waals surface area contributed by atoms with Crippen LogP contribution in [-0.4, -0.2) is 55.5 Å². The summed E-state index contributed by atoms with van der Waals surface area (Å²) >= 11 is 6.48. The van der Waals surface area contributed by atoms with E-state index in [0.29, 0.717) is 30.5 Å². The standard InChI is InChI=1S/C32H36ClFN6O6/c1-32(2,3)46-30(44)36-21-6-5-13-38(17-21)28-24(27(35)42)25-26(39(28)16-19-14-20(34)9-12-23(19)33)29(43)40(31(45)37(25)4)15-18-7-10-22(41)11-8-18/h7-12,14,21,41H,5-6,13,15-17H2,1-4H3,(H2,35,42)(H,36,44)/t21-/m1/s1. The molecule has 5 rings (SSSR count). The molecule has 1 aliphatic heterocycles. The zero-order valence-corrected chi connectivity index (χ0v) is 26.7. The molecule has 0 aliphatic carbocycles. The number of carbonyl (C=O) groups is 2. The Bertz CT molecular complexity index is 1940. The van der Waals surface area contributed by atoms with Crippen molar-refractivity contribution in [1.29, 1.82) is 0 Å². The number of aromatic nitrogens is 3. The molecule has 3 heterocycles. The summed E-state index contributed by atoms with van der Waals surface area (Å²) in [6.45, 7) is 5.66. The third kappa shape index (κ3) is 6.59. The fourth-order valence-corrected chi connectivity index (χ4v) is 6.03. The number of ether oxygens (including phenoxy) is 1. The lowest BCUT2D eigenvalue weighted by molar-refractivity contribution is 0.0499. The molecule has 1 fully saturated rings. The average molecular weight is 655 g/mol. The first-order valence-corrected chi connectivity index (χ1v) is 15.1. The number of nitrogens with zero attached hydrogens (tertiary/aromatic N) is 4. The molecule has 0 unspecified atom stereocenters. The quantitative estimate of drug-likeness (QED) is 0.275. The normalized spacial score (nSPS) is 15.3. The lowest BCUT2D eigenvalue weighted by Crippen LogP contribution is -2.49. The van der Waals surface area contributed by atoms with Gasteiger partial charge in [-0.1, -0.05) is 23.7 Å². The zero-order chi connectivity index (χ0) is 33.5. The van der Waals surface area contributed by atoms with Gasteiger partial charge in [-0.2, -0.15) is 0 Å². The third-order valence-electron chi connectivity index (χ3n) is 7.81. The topological polar surface area (TPSA) is 154 Å². The molecule has 0 spiro atoms. The Balaban J connectivity index is 1.73. The van der Waals surface area contributed by atoms with Gasteiger partial charge in [0, 0.05) is 31.2 Å². The number of phenolic OH excluding ortho intramolecular Hbond substituents is 1. The highest BCUT2D eigenvalue weighted by molar-refractivity contribution is 6.31. The Hall–Kier alpha value is -4.78. The number of nitrogens with two attached hydrogens (primary N) is 1. The number of aromatic hydroxyl groups is 1. The van der Waals surface area contributed by atoms with Gasteiger partial charge in [-0.15, -0.1) is 0 Å². The van der Waals surface area contributed by atoms with Gasteiger partial charge in [-0.3, -0.25) is 18.7 Å². The number of rotatable bonds is 7. The van der Waals surface area contributed by atoms with E-state index in [-0.39, 0.29) is 58.9 Å². The number of piperidine rings is 1. The first-order valence-electron chi connectivity index (χ1n) is 14.8. The lowest BCUT2D eigenvalue weighted by atomic mass is 10.1. The molecular formula is C32H36ClFN6O6. The van der Waals surface area contributed by atoms with E-state index in [2.05, 4.69) is 5.32 Å². The molecule has 12 nitrogen and oxygen atoms in total. The van der Waals surface area contributed by atoms with Crippen molar-refractivity contribution >= 4 is 40.5 Å². The highest BCUT2D eigenvalue weighted by atomic mass is 35.5. The molecule has 0 saturated carbocycles. The minimum Gasteiger partial charge on any atom is -0.508 e. The van der Waals surface area contributed by atoms with Crippen LogP contribution < -0.4 is 27.2 Å². The number of carbonyl (C=O) groups excluding carboxylic acids is 2. The predicted octanol–water partition coefficient (Wildman–Crippen LogP) is 3.69. The number of amides is 2. The minimum atomic E-state index is -0.878. The number of halogens is 2. The van der Waals surface area contributed by atoms with Crippen LogP contribution >= 0.6 is 11.6 Å². The van der Waals surface area contributed by atoms with Crippen molar-refractivity contribution in [2.45, 2.75) is 58.3 Å². The molecule has 0 bridgehead atoms. The second kappa shape index (κ2) is 12.5. The summed E-state index contributed by atoms with van der Waals surface area (Å²) in [6, 6.07) is 9.52. The van der Waals surface area contributed by atoms with E-state index in [9.17, 15) is 28.7 Å². The maximum Gasteiger partial charge on any atom is 0.407 e. The van der Waals surface area contributed by atoms with Crippen LogP contribution in [0.2, 0.25) is 5.02 Å². The fraction of sp³-hybridized carbons (Fsp3) is 0.375. The van der Waals surface area contributed by atoms with Gasteiger partial charge >= 0.3 is 11.8 Å². The Labute approximate surface area is 268 Å². The summed E-state index contributed by atoms with van der Waals surface area (Å²) in [5, 5.41) is 12.8. The average Bonchev–Trinajstić information content (AvgIpc) is 3.31. The molecule has 14 heteroatoms. The van der Waals surface area contributed by atoms with E-state index in [1.807, 2.05) is 4.90 Å².